The van der Waals surface area contributed by atoms with Gasteiger partial charge in [0.25, 0.3) is 5.91 Å². The van der Waals surface area contributed by atoms with Crippen LogP contribution in [0.5, 0.6) is 5.75 Å². The van der Waals surface area contributed by atoms with Crippen LogP contribution in [0, 0.1) is 0 Å². The third kappa shape index (κ3) is 4.13. The van der Waals surface area contributed by atoms with Gasteiger partial charge < -0.3 is 15.2 Å². The minimum absolute atomic E-state index is 0.0310. The van der Waals surface area contributed by atoms with Gasteiger partial charge in [-0.05, 0) is 45.0 Å². The summed E-state index contributed by atoms with van der Waals surface area (Å²) in [6, 6.07) is 6.88. The van der Waals surface area contributed by atoms with E-state index in [0.29, 0.717) is 12.3 Å². The Kier molecular flexibility index (Phi) is 5.11. The van der Waals surface area contributed by atoms with E-state index in [1.165, 1.54) is 13.8 Å². The number of aliphatic carboxylic acids is 1. The van der Waals surface area contributed by atoms with Gasteiger partial charge in [-0.15, -0.1) is 0 Å². The molecule has 1 aromatic rings. The van der Waals surface area contributed by atoms with Crippen LogP contribution in [0.2, 0.25) is 0 Å². The second kappa shape index (κ2) is 6.58. The van der Waals surface area contributed by atoms with Crippen molar-refractivity contribution in [1.82, 2.24) is 0 Å². The first-order valence-electron chi connectivity index (χ1n) is 5.90. The van der Waals surface area contributed by atoms with Crippen molar-refractivity contribution in [2.45, 2.75) is 20.8 Å². The summed E-state index contributed by atoms with van der Waals surface area (Å²) in [7, 11) is 0. The molecule has 5 heteroatoms. The number of carboxylic acids is 1. The lowest BCUT2D eigenvalue weighted by Gasteiger charge is -2.08. The van der Waals surface area contributed by atoms with Gasteiger partial charge in [0.15, 0.2) is 0 Å². The molecule has 19 heavy (non-hydrogen) atoms. The van der Waals surface area contributed by atoms with Gasteiger partial charge in [0, 0.05) is 16.8 Å². The van der Waals surface area contributed by atoms with Gasteiger partial charge >= 0.3 is 5.97 Å². The Balaban J connectivity index is 2.77. The Morgan fingerprint density at radius 1 is 1.16 bits per heavy atom. The molecule has 2 N–H and O–H groups in total. The van der Waals surface area contributed by atoms with Crippen LogP contribution in [0.4, 0.5) is 5.69 Å². The van der Waals surface area contributed by atoms with E-state index in [2.05, 4.69) is 5.32 Å². The molecule has 0 atom stereocenters. The first-order valence-corrected chi connectivity index (χ1v) is 5.90. The minimum Gasteiger partial charge on any atom is -0.494 e. The number of hydrogen-bond donors (Lipinski definition) is 2. The zero-order chi connectivity index (χ0) is 14.4. The molecule has 0 bridgehead atoms. The summed E-state index contributed by atoms with van der Waals surface area (Å²) in [5.74, 6) is -0.808. The van der Waals surface area contributed by atoms with Gasteiger partial charge in [0.1, 0.15) is 5.75 Å². The topological polar surface area (TPSA) is 75.6 Å². The first-order chi connectivity index (χ1) is 8.95. The van der Waals surface area contributed by atoms with Crippen LogP contribution in [0.1, 0.15) is 20.8 Å². The maximum Gasteiger partial charge on any atom is 0.331 e. The number of hydrogen-bond acceptors (Lipinski definition) is 3. The van der Waals surface area contributed by atoms with E-state index in [9.17, 15) is 9.59 Å². The third-order valence-corrected chi connectivity index (χ3v) is 2.65. The number of anilines is 1. The van der Waals surface area contributed by atoms with Crippen molar-refractivity contribution in [3.05, 3.63) is 35.4 Å². The molecular weight excluding hydrogens is 246 g/mol. The largest absolute Gasteiger partial charge is 0.494 e. The summed E-state index contributed by atoms with van der Waals surface area (Å²) in [5, 5.41) is 11.4. The molecule has 102 valence electrons. The molecule has 0 radical (unpaired) electrons. The van der Waals surface area contributed by atoms with E-state index >= 15 is 0 Å². The van der Waals surface area contributed by atoms with E-state index in [1.807, 2.05) is 6.92 Å². The Labute approximate surface area is 111 Å². The van der Waals surface area contributed by atoms with E-state index in [1.54, 1.807) is 24.3 Å². The molecule has 0 unspecified atom stereocenters. The van der Waals surface area contributed by atoms with Crippen LogP contribution < -0.4 is 10.1 Å². The maximum absolute atomic E-state index is 11.8. The zero-order valence-electron chi connectivity index (χ0n) is 11.2. The number of ether oxygens (including phenoxy) is 1. The Bertz CT molecular complexity index is 503. The second-order valence-corrected chi connectivity index (χ2v) is 3.97. The normalized spacial score (nSPS) is 11.5. The molecule has 0 heterocycles. The van der Waals surface area contributed by atoms with E-state index in [4.69, 9.17) is 9.84 Å². The third-order valence-electron chi connectivity index (χ3n) is 2.65. The first kappa shape index (κ1) is 14.8. The SMILES string of the molecule is CCOc1ccc(NC(=O)/C(C)=C(/C)C(=O)O)cc1. The van der Waals surface area contributed by atoms with Gasteiger partial charge in [0.2, 0.25) is 0 Å². The quantitative estimate of drug-likeness (QED) is 0.800. The fourth-order valence-corrected chi connectivity index (χ4v) is 1.36. The van der Waals surface area contributed by atoms with Gasteiger partial charge in [-0.2, -0.15) is 0 Å². The molecule has 1 aromatic carbocycles. The van der Waals surface area contributed by atoms with Crippen molar-refractivity contribution >= 4 is 17.6 Å². The fraction of sp³-hybridized carbons (Fsp3) is 0.286. The van der Waals surface area contributed by atoms with Crippen LogP contribution in [0.25, 0.3) is 0 Å². The summed E-state index contributed by atoms with van der Waals surface area (Å²) in [6.07, 6.45) is 0. The predicted molar refractivity (Wildman–Crippen MR) is 72.3 cm³/mol. The van der Waals surface area contributed by atoms with E-state index in [-0.39, 0.29) is 11.1 Å². The van der Waals surface area contributed by atoms with Crippen molar-refractivity contribution in [3.8, 4) is 5.75 Å². The average Bonchev–Trinajstić information content (AvgIpc) is 2.39. The van der Waals surface area contributed by atoms with Crippen molar-refractivity contribution < 1.29 is 19.4 Å². The van der Waals surface area contributed by atoms with Crippen LogP contribution in [0.15, 0.2) is 35.4 Å². The Morgan fingerprint density at radius 2 is 1.74 bits per heavy atom. The summed E-state index contributed by atoms with van der Waals surface area (Å²) in [4.78, 5) is 22.6. The summed E-state index contributed by atoms with van der Waals surface area (Å²) in [5.41, 5.74) is 0.802. The molecule has 0 fully saturated rings. The molecule has 0 aromatic heterocycles. The molecule has 0 saturated heterocycles. The summed E-state index contributed by atoms with van der Waals surface area (Å²) < 4.78 is 5.28. The van der Waals surface area contributed by atoms with Gasteiger partial charge in [0.05, 0.1) is 6.61 Å². The van der Waals surface area contributed by atoms with Crippen molar-refractivity contribution in [1.29, 1.82) is 0 Å². The van der Waals surface area contributed by atoms with Crippen LogP contribution in [-0.4, -0.2) is 23.6 Å². The number of benzene rings is 1. The number of carboxylic acid groups (broad SMARTS) is 1. The molecule has 0 aliphatic rings. The number of rotatable bonds is 5. The molecule has 0 aliphatic heterocycles. The molecule has 5 nitrogen and oxygen atoms in total. The van der Waals surface area contributed by atoms with Crippen LogP contribution in [-0.2, 0) is 9.59 Å². The predicted octanol–water partition coefficient (Wildman–Crippen LogP) is 2.44. The zero-order valence-corrected chi connectivity index (χ0v) is 11.2. The Hall–Kier alpha value is -2.30. The molecule has 0 spiro atoms. The van der Waals surface area contributed by atoms with Gasteiger partial charge in [-0.1, -0.05) is 0 Å². The molecule has 0 saturated carbocycles. The van der Waals surface area contributed by atoms with Crippen molar-refractivity contribution in [2.24, 2.45) is 0 Å². The monoisotopic (exact) mass is 263 g/mol. The highest BCUT2D eigenvalue weighted by Gasteiger charge is 2.12. The molecule has 1 rings (SSSR count). The van der Waals surface area contributed by atoms with Gasteiger partial charge in [-0.25, -0.2) is 4.79 Å². The maximum atomic E-state index is 11.8. The highest BCUT2D eigenvalue weighted by atomic mass is 16.5. The highest BCUT2D eigenvalue weighted by Crippen LogP contribution is 2.16. The number of carbonyl (C=O) groups is 2. The number of carbonyl (C=O) groups excluding carboxylic acids is 1. The minimum atomic E-state index is -1.10. The van der Waals surface area contributed by atoms with Gasteiger partial charge in [-0.3, -0.25) is 4.79 Å². The smallest absolute Gasteiger partial charge is 0.331 e. The number of amides is 1. The second-order valence-electron chi connectivity index (χ2n) is 3.97. The van der Waals surface area contributed by atoms with Crippen molar-refractivity contribution in [2.75, 3.05) is 11.9 Å². The van der Waals surface area contributed by atoms with E-state index in [0.717, 1.165) is 5.75 Å². The highest BCUT2D eigenvalue weighted by molar-refractivity contribution is 6.08. The van der Waals surface area contributed by atoms with E-state index < -0.39 is 11.9 Å². The lowest BCUT2D eigenvalue weighted by molar-refractivity contribution is -0.133. The van der Waals surface area contributed by atoms with Crippen LogP contribution in [0.3, 0.4) is 0 Å². The standard InChI is InChI=1S/C14H17NO4/c1-4-19-12-7-5-11(6-8-12)15-13(16)9(2)10(3)14(17)18/h5-8H,4H2,1-3H3,(H,15,16)(H,17,18)/b10-9-. The molecule has 1 amide bonds. The molecular formula is C14H17NO4. The van der Waals surface area contributed by atoms with Crippen molar-refractivity contribution in [3.63, 3.8) is 0 Å². The fourth-order valence-electron chi connectivity index (χ4n) is 1.36. The molecule has 0 aliphatic carbocycles. The number of nitrogens with one attached hydrogen (secondary N) is 1. The van der Waals surface area contributed by atoms with Crippen LogP contribution >= 0.6 is 0 Å². The average molecular weight is 263 g/mol. The summed E-state index contributed by atoms with van der Waals surface area (Å²) >= 11 is 0. The lowest BCUT2D eigenvalue weighted by Crippen LogP contribution is -2.16. The lowest BCUT2D eigenvalue weighted by atomic mass is 10.1. The summed E-state index contributed by atoms with van der Waals surface area (Å²) in [6.45, 7) is 5.34. The Morgan fingerprint density at radius 3 is 2.21 bits per heavy atom.